The summed E-state index contributed by atoms with van der Waals surface area (Å²) in [7, 11) is 1.37. The maximum atomic E-state index is 10.8. The van der Waals surface area contributed by atoms with E-state index in [9.17, 15) is 4.79 Å². The fourth-order valence-corrected chi connectivity index (χ4v) is 1.84. The summed E-state index contributed by atoms with van der Waals surface area (Å²) in [5, 5.41) is 8.68. The van der Waals surface area contributed by atoms with Crippen LogP contribution in [0.2, 0.25) is 0 Å². The molecule has 4 heteroatoms. The lowest BCUT2D eigenvalue weighted by molar-refractivity contribution is -0.137. The van der Waals surface area contributed by atoms with Gasteiger partial charge in [-0.3, -0.25) is 4.79 Å². The van der Waals surface area contributed by atoms with E-state index in [1.54, 1.807) is 6.07 Å². The Labute approximate surface area is 93.0 Å². The van der Waals surface area contributed by atoms with Crippen molar-refractivity contribution in [3.05, 3.63) is 35.4 Å². The number of thioether (sulfide) groups is 1. The molecule has 0 N–H and O–H groups in total. The Bertz CT molecular complexity index is 384. The van der Waals surface area contributed by atoms with Gasteiger partial charge in [-0.25, -0.2) is 0 Å². The lowest BCUT2D eigenvalue weighted by atomic mass is 10.2. The molecule has 0 fully saturated rings. The summed E-state index contributed by atoms with van der Waals surface area (Å²) in [5.41, 5.74) is 1.69. The van der Waals surface area contributed by atoms with Crippen molar-refractivity contribution in [3.63, 3.8) is 0 Å². The molecule has 1 aromatic carbocycles. The van der Waals surface area contributed by atoms with Crippen LogP contribution in [-0.4, -0.2) is 18.8 Å². The van der Waals surface area contributed by atoms with Gasteiger partial charge in [0.1, 0.15) is 0 Å². The number of benzene rings is 1. The zero-order valence-electron chi connectivity index (χ0n) is 8.40. The second-order valence-corrected chi connectivity index (χ2v) is 3.87. The highest BCUT2D eigenvalue weighted by Crippen LogP contribution is 2.13. The highest BCUT2D eigenvalue weighted by molar-refractivity contribution is 7.99. The molecule has 15 heavy (non-hydrogen) atoms. The normalized spacial score (nSPS) is 9.33. The molecule has 0 bridgehead atoms. The Morgan fingerprint density at radius 2 is 2.40 bits per heavy atom. The van der Waals surface area contributed by atoms with E-state index >= 15 is 0 Å². The van der Waals surface area contributed by atoms with Crippen LogP contribution >= 0.6 is 11.8 Å². The average molecular weight is 221 g/mol. The van der Waals surface area contributed by atoms with Gasteiger partial charge < -0.3 is 4.74 Å². The van der Waals surface area contributed by atoms with E-state index in [-0.39, 0.29) is 5.97 Å². The van der Waals surface area contributed by atoms with Gasteiger partial charge in [-0.1, -0.05) is 12.1 Å². The van der Waals surface area contributed by atoms with Crippen LogP contribution in [0.4, 0.5) is 0 Å². The summed E-state index contributed by atoms with van der Waals surface area (Å²) in [6.45, 7) is 0. The van der Waals surface area contributed by atoms with Crippen LogP contribution in [0.3, 0.4) is 0 Å². The van der Waals surface area contributed by atoms with Crippen LogP contribution in [0.15, 0.2) is 24.3 Å². The minimum atomic E-state index is -0.226. The van der Waals surface area contributed by atoms with Crippen LogP contribution in [0, 0.1) is 11.3 Å². The van der Waals surface area contributed by atoms with Gasteiger partial charge in [0.25, 0.3) is 0 Å². The second-order valence-electron chi connectivity index (χ2n) is 2.88. The smallest absolute Gasteiger partial charge is 0.315 e. The van der Waals surface area contributed by atoms with Crippen LogP contribution in [-0.2, 0) is 15.3 Å². The summed E-state index contributed by atoms with van der Waals surface area (Å²) in [6.07, 6.45) is 0. The van der Waals surface area contributed by atoms with Gasteiger partial charge in [0.15, 0.2) is 0 Å². The number of esters is 1. The van der Waals surface area contributed by atoms with Crippen molar-refractivity contribution in [1.29, 1.82) is 5.26 Å². The molecule has 0 unspecified atom stereocenters. The molecule has 78 valence electrons. The molecular formula is C11H11NO2S. The maximum Gasteiger partial charge on any atom is 0.315 e. The van der Waals surface area contributed by atoms with Crippen molar-refractivity contribution in [2.45, 2.75) is 5.75 Å². The molecule has 0 heterocycles. The molecule has 0 amide bonds. The van der Waals surface area contributed by atoms with Crippen molar-refractivity contribution in [2.75, 3.05) is 12.9 Å². The predicted molar refractivity (Wildman–Crippen MR) is 59.3 cm³/mol. The number of ether oxygens (including phenoxy) is 1. The van der Waals surface area contributed by atoms with E-state index in [1.165, 1.54) is 18.9 Å². The number of hydrogen-bond donors (Lipinski definition) is 0. The second kappa shape index (κ2) is 6.10. The standard InChI is InChI=1S/C11H11NO2S/c1-14-11(13)8-15-7-10-4-2-3-9(5-10)6-12/h2-5H,7-8H2,1H3. The van der Waals surface area contributed by atoms with E-state index in [4.69, 9.17) is 5.26 Å². The number of carbonyl (C=O) groups excluding carboxylic acids is 1. The van der Waals surface area contributed by atoms with Crippen LogP contribution in [0.5, 0.6) is 0 Å². The van der Waals surface area contributed by atoms with Gasteiger partial charge in [0.2, 0.25) is 0 Å². The summed E-state index contributed by atoms with van der Waals surface area (Å²) in [6, 6.07) is 9.43. The highest BCUT2D eigenvalue weighted by Gasteiger charge is 2.01. The molecule has 0 atom stereocenters. The molecule has 0 spiro atoms. The molecule has 1 aromatic rings. The van der Waals surface area contributed by atoms with Gasteiger partial charge in [0.05, 0.1) is 24.5 Å². The van der Waals surface area contributed by atoms with Crippen molar-refractivity contribution < 1.29 is 9.53 Å². The third kappa shape index (κ3) is 4.05. The largest absolute Gasteiger partial charge is 0.468 e. The minimum Gasteiger partial charge on any atom is -0.468 e. The van der Waals surface area contributed by atoms with Gasteiger partial charge in [-0.2, -0.15) is 5.26 Å². The van der Waals surface area contributed by atoms with Gasteiger partial charge in [0, 0.05) is 5.75 Å². The molecule has 0 aliphatic carbocycles. The molecule has 1 rings (SSSR count). The first-order chi connectivity index (χ1) is 7.26. The van der Waals surface area contributed by atoms with E-state index in [1.807, 2.05) is 18.2 Å². The molecule has 0 aromatic heterocycles. The van der Waals surface area contributed by atoms with E-state index < -0.39 is 0 Å². The Morgan fingerprint density at radius 1 is 1.60 bits per heavy atom. The lowest BCUT2D eigenvalue weighted by Crippen LogP contribution is -2.03. The van der Waals surface area contributed by atoms with Crippen LogP contribution in [0.1, 0.15) is 11.1 Å². The monoisotopic (exact) mass is 221 g/mol. The number of methoxy groups -OCH3 is 1. The maximum absolute atomic E-state index is 10.8. The van der Waals surface area contributed by atoms with Crippen molar-refractivity contribution in [2.24, 2.45) is 0 Å². The molecule has 0 saturated heterocycles. The molecule has 0 aliphatic rings. The van der Waals surface area contributed by atoms with E-state index in [0.29, 0.717) is 17.1 Å². The van der Waals surface area contributed by atoms with E-state index in [2.05, 4.69) is 10.8 Å². The molecule has 0 radical (unpaired) electrons. The van der Waals surface area contributed by atoms with Crippen molar-refractivity contribution >= 4 is 17.7 Å². The summed E-state index contributed by atoms with van der Waals surface area (Å²) >= 11 is 1.47. The molecule has 3 nitrogen and oxygen atoms in total. The molecular weight excluding hydrogens is 210 g/mol. The fourth-order valence-electron chi connectivity index (χ4n) is 1.04. The quantitative estimate of drug-likeness (QED) is 0.729. The summed E-state index contributed by atoms with van der Waals surface area (Å²) in [5.74, 6) is 0.828. The third-order valence-electron chi connectivity index (χ3n) is 1.77. The topological polar surface area (TPSA) is 50.1 Å². The number of nitrogens with zero attached hydrogens (tertiary/aromatic N) is 1. The Hall–Kier alpha value is -1.47. The Morgan fingerprint density at radius 3 is 3.07 bits per heavy atom. The zero-order chi connectivity index (χ0) is 11.1. The molecule has 0 saturated carbocycles. The number of nitriles is 1. The number of hydrogen-bond acceptors (Lipinski definition) is 4. The van der Waals surface area contributed by atoms with Gasteiger partial charge >= 0.3 is 5.97 Å². The van der Waals surface area contributed by atoms with Crippen molar-refractivity contribution in [1.82, 2.24) is 0 Å². The zero-order valence-corrected chi connectivity index (χ0v) is 9.21. The predicted octanol–water partition coefficient (Wildman–Crippen LogP) is 1.96. The van der Waals surface area contributed by atoms with Crippen LogP contribution < -0.4 is 0 Å². The summed E-state index contributed by atoms with van der Waals surface area (Å²) < 4.78 is 4.52. The first-order valence-electron chi connectivity index (χ1n) is 4.40. The average Bonchev–Trinajstić information content (AvgIpc) is 2.29. The fraction of sp³-hybridized carbons (Fsp3) is 0.273. The first-order valence-corrected chi connectivity index (χ1v) is 5.55. The van der Waals surface area contributed by atoms with Gasteiger partial charge in [-0.05, 0) is 17.7 Å². The lowest BCUT2D eigenvalue weighted by Gasteiger charge is -2.01. The third-order valence-corrected chi connectivity index (χ3v) is 2.75. The van der Waals surface area contributed by atoms with Gasteiger partial charge in [-0.15, -0.1) is 11.8 Å². The Kier molecular flexibility index (Phi) is 4.72. The number of rotatable bonds is 4. The Balaban J connectivity index is 2.44. The van der Waals surface area contributed by atoms with Crippen molar-refractivity contribution in [3.8, 4) is 6.07 Å². The number of carbonyl (C=O) groups is 1. The highest BCUT2D eigenvalue weighted by atomic mass is 32.2. The summed E-state index contributed by atoms with van der Waals surface area (Å²) in [4.78, 5) is 10.8. The minimum absolute atomic E-state index is 0.226. The molecule has 0 aliphatic heterocycles. The first kappa shape index (κ1) is 11.6. The van der Waals surface area contributed by atoms with E-state index in [0.717, 1.165) is 5.56 Å². The SMILES string of the molecule is COC(=O)CSCc1cccc(C#N)c1. The van der Waals surface area contributed by atoms with Crippen LogP contribution in [0.25, 0.3) is 0 Å².